The molecule has 0 saturated carbocycles. The molecule has 106 valence electrons. The Kier molecular flexibility index (Phi) is 5.15. The van der Waals surface area contributed by atoms with E-state index in [1.165, 1.54) is 24.3 Å². The first-order chi connectivity index (χ1) is 9.34. The van der Waals surface area contributed by atoms with E-state index in [2.05, 4.69) is 11.2 Å². The minimum Gasteiger partial charge on any atom is -0.344 e. The van der Waals surface area contributed by atoms with Crippen LogP contribution in [0.1, 0.15) is 15.9 Å². The van der Waals surface area contributed by atoms with Crippen LogP contribution in [0.3, 0.4) is 0 Å². The summed E-state index contributed by atoms with van der Waals surface area (Å²) in [5, 5.41) is 4.18. The van der Waals surface area contributed by atoms with Crippen molar-refractivity contribution in [2.45, 2.75) is 12.7 Å². The Balaban J connectivity index is 2.57. The normalized spacial score (nSPS) is 10.5. The van der Waals surface area contributed by atoms with Crippen molar-refractivity contribution in [2.24, 2.45) is 0 Å². The minimum absolute atomic E-state index is 0.0855. The maximum absolute atomic E-state index is 12.0. The van der Waals surface area contributed by atoms with E-state index in [0.29, 0.717) is 11.1 Å². The Bertz CT molecular complexity index is 530. The van der Waals surface area contributed by atoms with Gasteiger partial charge in [-0.2, -0.15) is 13.2 Å². The maximum Gasteiger partial charge on any atom is 0.471 e. The molecule has 0 saturated heterocycles. The topological polar surface area (TPSA) is 58.2 Å². The fourth-order valence-corrected chi connectivity index (χ4v) is 1.29. The molecule has 0 heterocycles. The maximum atomic E-state index is 12.0. The first kappa shape index (κ1) is 15.6. The van der Waals surface area contributed by atoms with E-state index in [1.54, 1.807) is 5.32 Å². The number of terminal acetylenes is 1. The number of amides is 2. The average molecular weight is 284 g/mol. The standard InChI is InChI=1S/C13H11F3N2O2/c1-2-7-17-11(19)10-5-3-9(4-6-10)8-18-12(20)13(14,15)16/h1,3-6H,7-8H2,(H,17,19)(H,18,20). The molecule has 1 aromatic carbocycles. The van der Waals surface area contributed by atoms with Crippen molar-refractivity contribution in [3.8, 4) is 12.3 Å². The number of carbonyl (C=O) groups is 2. The highest BCUT2D eigenvalue weighted by Gasteiger charge is 2.38. The summed E-state index contributed by atoms with van der Waals surface area (Å²) >= 11 is 0. The van der Waals surface area contributed by atoms with Crippen LogP contribution < -0.4 is 10.6 Å². The zero-order valence-corrected chi connectivity index (χ0v) is 10.3. The van der Waals surface area contributed by atoms with E-state index in [0.717, 1.165) is 0 Å². The molecule has 0 bridgehead atoms. The van der Waals surface area contributed by atoms with Crippen molar-refractivity contribution < 1.29 is 22.8 Å². The quantitative estimate of drug-likeness (QED) is 0.817. The van der Waals surface area contributed by atoms with Gasteiger partial charge in [-0.3, -0.25) is 9.59 Å². The third-order valence-electron chi connectivity index (χ3n) is 2.28. The molecule has 0 aliphatic carbocycles. The lowest BCUT2D eigenvalue weighted by Gasteiger charge is -2.08. The third kappa shape index (κ3) is 4.65. The molecular weight excluding hydrogens is 273 g/mol. The van der Waals surface area contributed by atoms with Gasteiger partial charge in [0.1, 0.15) is 0 Å². The Hall–Kier alpha value is -2.49. The number of hydrogen-bond donors (Lipinski definition) is 2. The lowest BCUT2D eigenvalue weighted by atomic mass is 10.1. The number of nitrogens with one attached hydrogen (secondary N) is 2. The molecular formula is C13H11F3N2O2. The van der Waals surface area contributed by atoms with Crippen LogP contribution >= 0.6 is 0 Å². The zero-order chi connectivity index (χ0) is 15.2. The summed E-state index contributed by atoms with van der Waals surface area (Å²) in [5.41, 5.74) is 0.766. The Morgan fingerprint density at radius 2 is 1.75 bits per heavy atom. The van der Waals surface area contributed by atoms with Crippen LogP contribution in [0.15, 0.2) is 24.3 Å². The van der Waals surface area contributed by atoms with Crippen LogP contribution in [0.4, 0.5) is 13.2 Å². The van der Waals surface area contributed by atoms with Gasteiger partial charge in [0.2, 0.25) is 0 Å². The van der Waals surface area contributed by atoms with Gasteiger partial charge in [-0.05, 0) is 17.7 Å². The van der Waals surface area contributed by atoms with Crippen LogP contribution in [0, 0.1) is 12.3 Å². The number of rotatable bonds is 4. The van der Waals surface area contributed by atoms with E-state index in [-0.39, 0.29) is 19.0 Å². The van der Waals surface area contributed by atoms with Gasteiger partial charge in [-0.1, -0.05) is 18.1 Å². The van der Waals surface area contributed by atoms with Crippen molar-refractivity contribution >= 4 is 11.8 Å². The molecule has 0 unspecified atom stereocenters. The molecule has 0 radical (unpaired) electrons. The number of hydrogen-bond acceptors (Lipinski definition) is 2. The van der Waals surface area contributed by atoms with Crippen molar-refractivity contribution in [1.82, 2.24) is 10.6 Å². The van der Waals surface area contributed by atoms with Gasteiger partial charge in [0.25, 0.3) is 5.91 Å². The number of alkyl halides is 3. The second kappa shape index (κ2) is 6.61. The van der Waals surface area contributed by atoms with Crippen molar-refractivity contribution in [3.63, 3.8) is 0 Å². The van der Waals surface area contributed by atoms with Gasteiger partial charge in [0, 0.05) is 12.1 Å². The van der Waals surface area contributed by atoms with Crippen LogP contribution in [0.5, 0.6) is 0 Å². The van der Waals surface area contributed by atoms with Crippen molar-refractivity contribution in [1.29, 1.82) is 0 Å². The van der Waals surface area contributed by atoms with Gasteiger partial charge >= 0.3 is 12.1 Å². The lowest BCUT2D eigenvalue weighted by Crippen LogP contribution is -2.36. The summed E-state index contributed by atoms with van der Waals surface area (Å²) in [4.78, 5) is 22.1. The number of benzene rings is 1. The second-order valence-electron chi connectivity index (χ2n) is 3.76. The van der Waals surface area contributed by atoms with E-state index in [9.17, 15) is 22.8 Å². The van der Waals surface area contributed by atoms with Gasteiger partial charge in [0.15, 0.2) is 0 Å². The van der Waals surface area contributed by atoms with Gasteiger partial charge < -0.3 is 10.6 Å². The summed E-state index contributed by atoms with van der Waals surface area (Å²) in [6.45, 7) is -0.188. The Morgan fingerprint density at radius 1 is 1.15 bits per heavy atom. The largest absolute Gasteiger partial charge is 0.471 e. The van der Waals surface area contributed by atoms with Crippen molar-refractivity contribution in [2.75, 3.05) is 6.54 Å². The van der Waals surface area contributed by atoms with E-state index in [1.807, 2.05) is 0 Å². The van der Waals surface area contributed by atoms with E-state index in [4.69, 9.17) is 6.42 Å². The van der Waals surface area contributed by atoms with Crippen LogP contribution in [0.2, 0.25) is 0 Å². The summed E-state index contributed by atoms with van der Waals surface area (Å²) in [6, 6.07) is 5.75. The summed E-state index contributed by atoms with van der Waals surface area (Å²) in [7, 11) is 0. The van der Waals surface area contributed by atoms with Gasteiger partial charge in [0.05, 0.1) is 6.54 Å². The van der Waals surface area contributed by atoms with Crippen LogP contribution in [-0.2, 0) is 11.3 Å². The SMILES string of the molecule is C#CCNC(=O)c1ccc(CNC(=O)C(F)(F)F)cc1. The van der Waals surface area contributed by atoms with E-state index >= 15 is 0 Å². The molecule has 1 aromatic rings. The number of carbonyl (C=O) groups excluding carboxylic acids is 2. The highest BCUT2D eigenvalue weighted by molar-refractivity contribution is 5.94. The molecule has 0 spiro atoms. The molecule has 0 atom stereocenters. The highest BCUT2D eigenvalue weighted by Crippen LogP contribution is 2.14. The summed E-state index contributed by atoms with van der Waals surface area (Å²) in [6.07, 6.45) is 0.0775. The fraction of sp³-hybridized carbons (Fsp3) is 0.231. The summed E-state index contributed by atoms with van der Waals surface area (Å²) < 4.78 is 35.9. The average Bonchev–Trinajstić information content (AvgIpc) is 2.41. The zero-order valence-electron chi connectivity index (χ0n) is 10.3. The predicted molar refractivity (Wildman–Crippen MR) is 65.5 cm³/mol. The van der Waals surface area contributed by atoms with Gasteiger partial charge in [-0.15, -0.1) is 6.42 Å². The highest BCUT2D eigenvalue weighted by atomic mass is 19.4. The first-order valence-electron chi connectivity index (χ1n) is 5.50. The predicted octanol–water partition coefficient (Wildman–Crippen LogP) is 1.23. The molecule has 4 nitrogen and oxygen atoms in total. The molecule has 2 N–H and O–H groups in total. The van der Waals surface area contributed by atoms with Gasteiger partial charge in [-0.25, -0.2) is 0 Å². The molecule has 2 amide bonds. The molecule has 0 aliphatic heterocycles. The van der Waals surface area contributed by atoms with E-state index < -0.39 is 12.1 Å². The minimum atomic E-state index is -4.91. The van der Waals surface area contributed by atoms with Crippen molar-refractivity contribution in [3.05, 3.63) is 35.4 Å². The van der Waals surface area contributed by atoms with Crippen LogP contribution in [0.25, 0.3) is 0 Å². The van der Waals surface area contributed by atoms with Crippen LogP contribution in [-0.4, -0.2) is 24.5 Å². The Labute approximate surface area is 113 Å². The molecule has 0 aliphatic rings. The molecule has 1 rings (SSSR count). The Morgan fingerprint density at radius 3 is 2.25 bits per heavy atom. The fourth-order valence-electron chi connectivity index (χ4n) is 1.29. The third-order valence-corrected chi connectivity index (χ3v) is 2.28. The molecule has 0 aromatic heterocycles. The first-order valence-corrected chi connectivity index (χ1v) is 5.50. The monoisotopic (exact) mass is 284 g/mol. The molecule has 20 heavy (non-hydrogen) atoms. The number of halogens is 3. The molecule has 0 fully saturated rings. The molecule has 7 heteroatoms. The lowest BCUT2D eigenvalue weighted by molar-refractivity contribution is -0.173. The summed E-state index contributed by atoms with van der Waals surface area (Å²) in [5.74, 6) is -0.146. The smallest absolute Gasteiger partial charge is 0.344 e. The second-order valence-corrected chi connectivity index (χ2v) is 3.76.